The van der Waals surface area contributed by atoms with Gasteiger partial charge < -0.3 is 24.4 Å². The van der Waals surface area contributed by atoms with Crippen LogP contribution >= 0.6 is 0 Å². The molecule has 0 aromatic heterocycles. The summed E-state index contributed by atoms with van der Waals surface area (Å²) >= 11 is 0. The minimum absolute atomic E-state index is 0.0403. The number of aliphatic hydroxyl groups excluding tert-OH is 1. The Morgan fingerprint density at radius 2 is 1.74 bits per heavy atom. The van der Waals surface area contributed by atoms with Crippen LogP contribution in [0.4, 0.5) is 0 Å². The molecule has 0 saturated carbocycles. The van der Waals surface area contributed by atoms with Gasteiger partial charge in [-0.05, 0) is 48.9 Å². The fourth-order valence-electron chi connectivity index (χ4n) is 4.34. The Labute approximate surface area is 224 Å². The zero-order valence-corrected chi connectivity index (χ0v) is 23.5. The number of aliphatic hydroxyl groups is 1. The summed E-state index contributed by atoms with van der Waals surface area (Å²) in [5.74, 6) is -0.932. The average Bonchev–Trinajstić information content (AvgIpc) is 3.13. The maximum absolute atomic E-state index is 13.3. The lowest BCUT2D eigenvalue weighted by molar-refractivity contribution is -0.858. The first-order valence-corrected chi connectivity index (χ1v) is 13.8. The third kappa shape index (κ3) is 5.85. The molecule has 1 heterocycles. The molecule has 1 amide bonds. The third-order valence-corrected chi connectivity index (χ3v) is 8.15. The second-order valence-corrected chi connectivity index (χ2v) is 11.6. The molecular formula is C27H36N3O7S+. The summed E-state index contributed by atoms with van der Waals surface area (Å²) in [6.07, 6.45) is 0.650. The fraction of sp³-hybridized carbons (Fsp3) is 0.407. The highest BCUT2D eigenvalue weighted by molar-refractivity contribution is 7.89. The summed E-state index contributed by atoms with van der Waals surface area (Å²) in [7, 11) is 4.68. The average molecular weight is 547 g/mol. The number of hydrogen-bond donors (Lipinski definition) is 2. The summed E-state index contributed by atoms with van der Waals surface area (Å²) < 4.78 is 37.1. The maximum Gasteiger partial charge on any atom is 0.295 e. The van der Waals surface area contributed by atoms with Gasteiger partial charge in [-0.3, -0.25) is 9.59 Å². The van der Waals surface area contributed by atoms with Crippen LogP contribution in [0.2, 0.25) is 0 Å². The number of ketones is 1. The number of sulfonamides is 1. The first-order chi connectivity index (χ1) is 17.9. The molecule has 0 unspecified atom stereocenters. The molecule has 0 aliphatic carbocycles. The second-order valence-electron chi connectivity index (χ2n) is 9.46. The van der Waals surface area contributed by atoms with Crippen molar-refractivity contribution in [2.45, 2.75) is 24.3 Å². The third-order valence-electron chi connectivity index (χ3n) is 6.33. The number of ether oxygens (including phenoxy) is 2. The molecule has 11 heteroatoms. The van der Waals surface area contributed by atoms with Gasteiger partial charge in [0.1, 0.15) is 5.76 Å². The van der Waals surface area contributed by atoms with Gasteiger partial charge in [-0.15, -0.1) is 0 Å². The van der Waals surface area contributed by atoms with Gasteiger partial charge >= 0.3 is 0 Å². The first kappa shape index (κ1) is 29.2. The van der Waals surface area contributed by atoms with Crippen molar-refractivity contribution in [2.75, 3.05) is 55.0 Å². The predicted octanol–water partition coefficient (Wildman–Crippen LogP) is 1.30. The Hall–Kier alpha value is -3.41. The SMILES string of the molecule is CCOc1ccc([C@H]2C(=C(O)c3ccc(S(=O)(=O)N(C)C)cc3)C(=O)C(=O)N2CCC[NH+](C)C)cc1OC. The number of benzene rings is 2. The molecule has 38 heavy (non-hydrogen) atoms. The molecule has 3 rings (SSSR count). The van der Waals surface area contributed by atoms with E-state index in [0.29, 0.717) is 36.6 Å². The molecule has 2 aromatic rings. The minimum Gasteiger partial charge on any atom is -0.507 e. The highest BCUT2D eigenvalue weighted by atomic mass is 32.2. The normalized spacial score (nSPS) is 17.5. The number of likely N-dealkylation sites (tertiary alicyclic amines) is 1. The number of carbonyl (C=O) groups excluding carboxylic acids is 2. The summed E-state index contributed by atoms with van der Waals surface area (Å²) in [5, 5.41) is 11.3. The van der Waals surface area contributed by atoms with Crippen molar-refractivity contribution in [3.8, 4) is 11.5 Å². The van der Waals surface area contributed by atoms with Crippen LogP contribution in [-0.2, 0) is 19.6 Å². The van der Waals surface area contributed by atoms with E-state index in [1.54, 1.807) is 18.2 Å². The summed E-state index contributed by atoms with van der Waals surface area (Å²) in [4.78, 5) is 29.2. The van der Waals surface area contributed by atoms with Gasteiger partial charge in [0.25, 0.3) is 11.7 Å². The van der Waals surface area contributed by atoms with Crippen molar-refractivity contribution in [1.29, 1.82) is 0 Å². The Morgan fingerprint density at radius 1 is 1.08 bits per heavy atom. The number of hydrogen-bond acceptors (Lipinski definition) is 7. The van der Waals surface area contributed by atoms with Gasteiger partial charge in [0, 0.05) is 32.6 Å². The standard InChI is InChI=1S/C27H35N3O7S/c1-7-37-21-14-11-19(17-22(21)36-6)24-23(26(32)27(33)30(24)16-8-15-28(2)3)25(31)18-9-12-20(13-10-18)38(34,35)29(4)5/h9-14,17,24,31H,7-8,15-16H2,1-6H3/p+1/t24-/m0/s1. The molecule has 2 N–H and O–H groups in total. The van der Waals surface area contributed by atoms with Crippen LogP contribution in [0.25, 0.3) is 5.76 Å². The van der Waals surface area contributed by atoms with Crippen LogP contribution < -0.4 is 14.4 Å². The zero-order valence-electron chi connectivity index (χ0n) is 22.6. The van der Waals surface area contributed by atoms with Crippen LogP contribution in [0, 0.1) is 0 Å². The van der Waals surface area contributed by atoms with E-state index in [1.165, 1.54) is 55.3 Å². The van der Waals surface area contributed by atoms with E-state index in [9.17, 15) is 23.1 Å². The number of quaternary nitrogens is 1. The van der Waals surface area contributed by atoms with E-state index in [2.05, 4.69) is 0 Å². The predicted molar refractivity (Wildman–Crippen MR) is 143 cm³/mol. The van der Waals surface area contributed by atoms with Crippen molar-refractivity contribution in [3.05, 3.63) is 59.2 Å². The largest absolute Gasteiger partial charge is 0.507 e. The monoisotopic (exact) mass is 546 g/mol. The van der Waals surface area contributed by atoms with Gasteiger partial charge in [0.05, 0.1) is 50.9 Å². The molecular weight excluding hydrogens is 510 g/mol. The number of amides is 1. The lowest BCUT2D eigenvalue weighted by Crippen LogP contribution is -3.05. The quantitative estimate of drug-likeness (QED) is 0.248. The number of nitrogens with one attached hydrogen (secondary N) is 1. The molecule has 1 aliphatic heterocycles. The van der Waals surface area contributed by atoms with E-state index < -0.39 is 27.8 Å². The molecule has 206 valence electrons. The molecule has 0 radical (unpaired) electrons. The van der Waals surface area contributed by atoms with Crippen LogP contribution in [0.15, 0.2) is 52.9 Å². The summed E-state index contributed by atoms with van der Waals surface area (Å²) in [6, 6.07) is 9.85. The Morgan fingerprint density at radius 3 is 2.29 bits per heavy atom. The van der Waals surface area contributed by atoms with Crippen LogP contribution in [0.5, 0.6) is 11.5 Å². The van der Waals surface area contributed by atoms with Crippen molar-refractivity contribution in [1.82, 2.24) is 9.21 Å². The lowest BCUT2D eigenvalue weighted by Gasteiger charge is -2.26. The van der Waals surface area contributed by atoms with Gasteiger partial charge in [0.2, 0.25) is 10.0 Å². The Bertz CT molecular complexity index is 1320. The molecule has 1 fully saturated rings. The summed E-state index contributed by atoms with van der Waals surface area (Å²) in [6.45, 7) is 3.38. The van der Waals surface area contributed by atoms with E-state index >= 15 is 0 Å². The molecule has 1 atom stereocenters. The van der Waals surface area contributed by atoms with Gasteiger partial charge in [0.15, 0.2) is 11.5 Å². The number of Topliss-reactive ketones (excluding diaryl/α,β-unsaturated/α-hetero) is 1. The molecule has 0 bridgehead atoms. The number of nitrogens with zero attached hydrogens (tertiary/aromatic N) is 2. The molecule has 2 aromatic carbocycles. The smallest absolute Gasteiger partial charge is 0.295 e. The number of carbonyl (C=O) groups is 2. The van der Waals surface area contributed by atoms with E-state index in [1.807, 2.05) is 21.0 Å². The van der Waals surface area contributed by atoms with E-state index in [0.717, 1.165) is 10.8 Å². The minimum atomic E-state index is -3.68. The van der Waals surface area contributed by atoms with E-state index in [-0.39, 0.29) is 21.8 Å². The van der Waals surface area contributed by atoms with Crippen molar-refractivity contribution >= 4 is 27.5 Å². The number of methoxy groups -OCH3 is 1. The first-order valence-electron chi connectivity index (χ1n) is 12.3. The van der Waals surface area contributed by atoms with Crippen molar-refractivity contribution in [3.63, 3.8) is 0 Å². The second kappa shape index (κ2) is 12.0. The van der Waals surface area contributed by atoms with Gasteiger partial charge in [-0.2, -0.15) is 0 Å². The molecule has 0 spiro atoms. The Kier molecular flexibility index (Phi) is 9.18. The van der Waals surface area contributed by atoms with Crippen molar-refractivity contribution < 1.29 is 37.5 Å². The topological polar surface area (TPSA) is 118 Å². The van der Waals surface area contributed by atoms with Gasteiger partial charge in [-0.25, -0.2) is 12.7 Å². The number of rotatable bonds is 11. The van der Waals surface area contributed by atoms with Crippen LogP contribution in [0.3, 0.4) is 0 Å². The fourth-order valence-corrected chi connectivity index (χ4v) is 5.24. The highest BCUT2D eigenvalue weighted by Gasteiger charge is 2.46. The van der Waals surface area contributed by atoms with Crippen molar-refractivity contribution in [2.24, 2.45) is 0 Å². The Balaban J connectivity index is 2.14. The summed E-state index contributed by atoms with van der Waals surface area (Å²) in [5.41, 5.74) is 0.734. The van der Waals surface area contributed by atoms with Gasteiger partial charge in [-0.1, -0.05) is 6.07 Å². The molecule has 1 saturated heterocycles. The van der Waals surface area contributed by atoms with Crippen LogP contribution in [0.1, 0.15) is 30.5 Å². The molecule has 1 aliphatic rings. The lowest BCUT2D eigenvalue weighted by atomic mass is 9.95. The maximum atomic E-state index is 13.3. The van der Waals surface area contributed by atoms with E-state index in [4.69, 9.17) is 9.47 Å². The molecule has 10 nitrogen and oxygen atoms in total. The van der Waals surface area contributed by atoms with Crippen LogP contribution in [-0.4, -0.2) is 89.4 Å². The highest BCUT2D eigenvalue weighted by Crippen LogP contribution is 2.42. The zero-order chi connectivity index (χ0) is 28.2.